The molecule has 8 heteroatoms. The zero-order valence-electron chi connectivity index (χ0n) is 13.1. The fraction of sp³-hybridized carbons (Fsp3) is 0.312. The smallest absolute Gasteiger partial charge is 0.219 e. The van der Waals surface area contributed by atoms with Crippen molar-refractivity contribution in [3.05, 3.63) is 64.9 Å². The minimum Gasteiger partial charge on any atom is -0.297 e. The van der Waals surface area contributed by atoms with Crippen molar-refractivity contribution in [1.82, 2.24) is 14.8 Å². The maximum Gasteiger partial charge on any atom is 0.219 e. The van der Waals surface area contributed by atoms with Crippen molar-refractivity contribution in [1.29, 1.82) is 0 Å². The SMILES string of the molecule is CN1OCC(S(=O)(=O)NCc2ccncc2)C1c1cccc(Cl)c1. The van der Waals surface area contributed by atoms with Gasteiger partial charge in [0.25, 0.3) is 0 Å². The molecule has 1 aromatic carbocycles. The molecule has 2 atom stereocenters. The number of hydrogen-bond acceptors (Lipinski definition) is 5. The molecule has 2 unspecified atom stereocenters. The lowest BCUT2D eigenvalue weighted by Gasteiger charge is -2.23. The third-order valence-corrected chi connectivity index (χ3v) is 5.97. The highest BCUT2D eigenvalue weighted by molar-refractivity contribution is 7.90. The second-order valence-electron chi connectivity index (χ2n) is 5.60. The van der Waals surface area contributed by atoms with E-state index in [0.29, 0.717) is 5.02 Å². The number of hydroxylamine groups is 2. The van der Waals surface area contributed by atoms with Crippen molar-refractivity contribution in [2.24, 2.45) is 0 Å². The summed E-state index contributed by atoms with van der Waals surface area (Å²) in [5.74, 6) is 0. The Balaban J connectivity index is 1.80. The quantitative estimate of drug-likeness (QED) is 0.876. The second kappa shape index (κ2) is 7.16. The van der Waals surface area contributed by atoms with Gasteiger partial charge >= 0.3 is 0 Å². The van der Waals surface area contributed by atoms with Crippen LogP contribution in [-0.4, -0.2) is 37.4 Å². The predicted molar refractivity (Wildman–Crippen MR) is 91.7 cm³/mol. The van der Waals surface area contributed by atoms with Gasteiger partial charge in [-0.25, -0.2) is 13.1 Å². The largest absolute Gasteiger partial charge is 0.297 e. The number of sulfonamides is 1. The van der Waals surface area contributed by atoms with Crippen molar-refractivity contribution in [3.8, 4) is 0 Å². The molecule has 0 bridgehead atoms. The molecule has 0 spiro atoms. The Morgan fingerprint density at radius 1 is 1.33 bits per heavy atom. The minimum absolute atomic E-state index is 0.0966. The van der Waals surface area contributed by atoms with Crippen LogP contribution in [0.5, 0.6) is 0 Å². The van der Waals surface area contributed by atoms with Crippen LogP contribution in [0, 0.1) is 0 Å². The molecule has 1 aliphatic rings. The molecule has 0 aliphatic carbocycles. The summed E-state index contributed by atoms with van der Waals surface area (Å²) in [5, 5.41) is 1.42. The molecular weight excluding hydrogens is 350 g/mol. The van der Waals surface area contributed by atoms with Crippen LogP contribution in [0.1, 0.15) is 17.2 Å². The summed E-state index contributed by atoms with van der Waals surface area (Å²) >= 11 is 6.04. The highest BCUT2D eigenvalue weighted by atomic mass is 35.5. The molecule has 3 rings (SSSR count). The topological polar surface area (TPSA) is 71.5 Å². The van der Waals surface area contributed by atoms with Gasteiger partial charge in [0.2, 0.25) is 10.0 Å². The molecule has 1 fully saturated rings. The molecule has 2 aromatic rings. The van der Waals surface area contributed by atoms with E-state index >= 15 is 0 Å². The lowest BCUT2D eigenvalue weighted by Crippen LogP contribution is -2.39. The summed E-state index contributed by atoms with van der Waals surface area (Å²) in [5.41, 5.74) is 1.65. The number of nitrogens with zero attached hydrogens (tertiary/aromatic N) is 2. The zero-order valence-corrected chi connectivity index (χ0v) is 14.7. The molecular formula is C16H18ClN3O3S. The summed E-state index contributed by atoms with van der Waals surface area (Å²) in [6, 6.07) is 10.3. The number of benzene rings is 1. The van der Waals surface area contributed by atoms with E-state index in [9.17, 15) is 8.42 Å². The Morgan fingerprint density at radius 3 is 2.79 bits per heavy atom. The second-order valence-corrected chi connectivity index (χ2v) is 8.02. The maximum atomic E-state index is 12.8. The van der Waals surface area contributed by atoms with Gasteiger partial charge < -0.3 is 0 Å². The number of pyridine rings is 1. The van der Waals surface area contributed by atoms with Gasteiger partial charge in [-0.05, 0) is 35.4 Å². The average molecular weight is 368 g/mol. The third kappa shape index (κ3) is 3.76. The van der Waals surface area contributed by atoms with Gasteiger partial charge in [-0.2, -0.15) is 5.06 Å². The first-order valence-electron chi connectivity index (χ1n) is 7.46. The van der Waals surface area contributed by atoms with Crippen LogP contribution in [-0.2, 0) is 21.4 Å². The lowest BCUT2D eigenvalue weighted by molar-refractivity contribution is -0.110. The summed E-state index contributed by atoms with van der Waals surface area (Å²) in [6.07, 6.45) is 3.26. The Kier molecular flexibility index (Phi) is 5.17. The molecule has 0 saturated carbocycles. The Bertz CT molecular complexity index is 801. The summed E-state index contributed by atoms with van der Waals surface area (Å²) < 4.78 is 28.2. The van der Waals surface area contributed by atoms with E-state index in [1.807, 2.05) is 6.07 Å². The van der Waals surface area contributed by atoms with Gasteiger partial charge in [-0.1, -0.05) is 23.7 Å². The molecule has 24 heavy (non-hydrogen) atoms. The molecule has 1 aliphatic heterocycles. The van der Waals surface area contributed by atoms with Gasteiger partial charge in [0.05, 0.1) is 12.6 Å². The fourth-order valence-electron chi connectivity index (χ4n) is 2.76. The van der Waals surface area contributed by atoms with Gasteiger partial charge in [-0.3, -0.25) is 9.82 Å². The average Bonchev–Trinajstić information content (AvgIpc) is 2.97. The van der Waals surface area contributed by atoms with Crippen LogP contribution >= 0.6 is 11.6 Å². The summed E-state index contributed by atoms with van der Waals surface area (Å²) in [7, 11) is -1.86. The van der Waals surface area contributed by atoms with E-state index in [4.69, 9.17) is 16.4 Å². The van der Waals surface area contributed by atoms with Gasteiger partial charge in [0.1, 0.15) is 5.25 Å². The number of hydrogen-bond donors (Lipinski definition) is 1. The van der Waals surface area contributed by atoms with Gasteiger partial charge in [0.15, 0.2) is 0 Å². The zero-order chi connectivity index (χ0) is 17.2. The summed E-state index contributed by atoms with van der Waals surface area (Å²) in [4.78, 5) is 9.39. The predicted octanol–water partition coefficient (Wildman–Crippen LogP) is 2.14. The Hall–Kier alpha value is -1.51. The number of rotatable bonds is 5. The first-order valence-corrected chi connectivity index (χ1v) is 9.38. The van der Waals surface area contributed by atoms with Crippen molar-refractivity contribution in [3.63, 3.8) is 0 Å². The Morgan fingerprint density at radius 2 is 2.08 bits per heavy atom. The van der Waals surface area contributed by atoms with Gasteiger partial charge in [-0.15, -0.1) is 0 Å². The minimum atomic E-state index is -3.58. The normalized spacial score (nSPS) is 21.9. The highest BCUT2D eigenvalue weighted by Gasteiger charge is 2.43. The van der Waals surface area contributed by atoms with E-state index in [2.05, 4.69) is 9.71 Å². The van der Waals surface area contributed by atoms with Crippen LogP contribution in [0.15, 0.2) is 48.8 Å². The first-order chi connectivity index (χ1) is 11.5. The van der Waals surface area contributed by atoms with Crippen LogP contribution in [0.3, 0.4) is 0 Å². The molecule has 1 N–H and O–H groups in total. The maximum absolute atomic E-state index is 12.8. The van der Waals surface area contributed by atoms with E-state index in [0.717, 1.165) is 11.1 Å². The van der Waals surface area contributed by atoms with Crippen molar-refractivity contribution in [2.45, 2.75) is 17.8 Å². The molecule has 6 nitrogen and oxygen atoms in total. The first kappa shape index (κ1) is 17.3. The molecule has 0 amide bonds. The molecule has 1 aromatic heterocycles. The van der Waals surface area contributed by atoms with Crippen LogP contribution in [0.4, 0.5) is 0 Å². The monoisotopic (exact) mass is 367 g/mol. The van der Waals surface area contributed by atoms with E-state index in [-0.39, 0.29) is 13.2 Å². The molecule has 0 radical (unpaired) electrons. The van der Waals surface area contributed by atoms with E-state index < -0.39 is 21.3 Å². The van der Waals surface area contributed by atoms with E-state index in [1.165, 1.54) is 0 Å². The Labute approximate surface area is 146 Å². The van der Waals surface area contributed by atoms with Crippen LogP contribution in [0.25, 0.3) is 0 Å². The number of halogens is 1. The van der Waals surface area contributed by atoms with Crippen LogP contribution < -0.4 is 4.72 Å². The number of nitrogens with one attached hydrogen (secondary N) is 1. The van der Waals surface area contributed by atoms with Crippen molar-refractivity contribution >= 4 is 21.6 Å². The lowest BCUT2D eigenvalue weighted by atomic mass is 10.0. The molecule has 128 valence electrons. The molecule has 2 heterocycles. The number of aromatic nitrogens is 1. The van der Waals surface area contributed by atoms with Gasteiger partial charge in [0, 0.05) is 31.0 Å². The standard InChI is InChI=1S/C16H18ClN3O3S/c1-20-16(13-3-2-4-14(17)9-13)15(11-23-20)24(21,22)19-10-12-5-7-18-8-6-12/h2-9,15-16,19H,10-11H2,1H3. The molecule has 1 saturated heterocycles. The van der Waals surface area contributed by atoms with Crippen molar-refractivity contribution in [2.75, 3.05) is 13.7 Å². The fourth-order valence-corrected chi connectivity index (χ4v) is 4.45. The van der Waals surface area contributed by atoms with Crippen molar-refractivity contribution < 1.29 is 13.3 Å². The summed E-state index contributed by atoms with van der Waals surface area (Å²) in [6.45, 7) is 0.312. The van der Waals surface area contributed by atoms with Crippen LogP contribution in [0.2, 0.25) is 5.02 Å². The van der Waals surface area contributed by atoms with E-state index in [1.54, 1.807) is 54.8 Å². The highest BCUT2D eigenvalue weighted by Crippen LogP contribution is 2.34. The third-order valence-electron chi connectivity index (χ3n) is 4.00.